The van der Waals surface area contributed by atoms with Gasteiger partial charge in [-0.2, -0.15) is 12.6 Å². The van der Waals surface area contributed by atoms with Crippen molar-refractivity contribution in [2.75, 3.05) is 25.4 Å². The van der Waals surface area contributed by atoms with E-state index >= 15 is 0 Å². The minimum atomic E-state index is -0.00873. The topological polar surface area (TPSA) is 29.5 Å². The lowest BCUT2D eigenvalue weighted by Gasteiger charge is -2.37. The first kappa shape index (κ1) is 11.3. The summed E-state index contributed by atoms with van der Waals surface area (Å²) in [5, 5.41) is 0. The van der Waals surface area contributed by atoms with E-state index in [1.54, 1.807) is 0 Å². The Morgan fingerprint density at radius 1 is 1.33 bits per heavy atom. The molecule has 2 saturated heterocycles. The molecular formula is C11H19NO2S. The van der Waals surface area contributed by atoms with Crippen LogP contribution in [-0.4, -0.2) is 42.4 Å². The molecule has 0 spiro atoms. The number of carbonyl (C=O) groups is 1. The fraction of sp³-hybridized carbons (Fsp3) is 0.909. The van der Waals surface area contributed by atoms with E-state index in [-0.39, 0.29) is 12.0 Å². The number of hydrogen-bond acceptors (Lipinski definition) is 4. The molecule has 2 rings (SSSR count). The first-order chi connectivity index (χ1) is 7.31. The van der Waals surface area contributed by atoms with Crippen molar-refractivity contribution in [2.45, 2.75) is 31.7 Å². The van der Waals surface area contributed by atoms with Gasteiger partial charge in [0.25, 0.3) is 0 Å². The van der Waals surface area contributed by atoms with E-state index in [0.29, 0.717) is 6.61 Å². The summed E-state index contributed by atoms with van der Waals surface area (Å²) in [6.45, 7) is 2.68. The van der Waals surface area contributed by atoms with E-state index in [9.17, 15) is 4.79 Å². The number of thiol groups is 1. The van der Waals surface area contributed by atoms with Crippen molar-refractivity contribution in [3.63, 3.8) is 0 Å². The van der Waals surface area contributed by atoms with Crippen LogP contribution in [0.2, 0.25) is 0 Å². The summed E-state index contributed by atoms with van der Waals surface area (Å²) in [5.41, 5.74) is 0. The summed E-state index contributed by atoms with van der Waals surface area (Å²) < 4.78 is 5.10. The lowest BCUT2D eigenvalue weighted by molar-refractivity contribution is -0.155. The van der Waals surface area contributed by atoms with Crippen molar-refractivity contribution in [1.82, 2.24) is 4.90 Å². The molecule has 0 saturated carbocycles. The second-order valence-corrected chi connectivity index (χ2v) is 4.85. The van der Waals surface area contributed by atoms with Crippen LogP contribution in [0, 0.1) is 5.92 Å². The molecule has 2 aliphatic heterocycles. The van der Waals surface area contributed by atoms with Crippen LogP contribution < -0.4 is 0 Å². The third-order valence-corrected chi connectivity index (χ3v) is 4.00. The minimum Gasteiger partial charge on any atom is -0.465 e. The van der Waals surface area contributed by atoms with E-state index in [1.807, 2.05) is 0 Å². The quantitative estimate of drug-likeness (QED) is 0.572. The molecule has 4 heteroatoms. The Balaban J connectivity index is 1.86. The van der Waals surface area contributed by atoms with Gasteiger partial charge in [-0.25, -0.2) is 0 Å². The maximum atomic E-state index is 11.6. The second kappa shape index (κ2) is 5.21. The van der Waals surface area contributed by atoms with E-state index < -0.39 is 0 Å². The van der Waals surface area contributed by atoms with Crippen molar-refractivity contribution in [3.05, 3.63) is 0 Å². The largest absolute Gasteiger partial charge is 0.465 e. The number of esters is 1. The van der Waals surface area contributed by atoms with Gasteiger partial charge in [0.2, 0.25) is 0 Å². The van der Waals surface area contributed by atoms with Crippen LogP contribution in [-0.2, 0) is 9.53 Å². The number of rotatable bonds is 2. The molecule has 1 atom stereocenters. The van der Waals surface area contributed by atoms with Gasteiger partial charge in [0.1, 0.15) is 6.04 Å². The zero-order chi connectivity index (χ0) is 10.7. The average Bonchev–Trinajstić information content (AvgIpc) is 2.30. The molecule has 0 aromatic carbocycles. The van der Waals surface area contributed by atoms with Crippen molar-refractivity contribution >= 4 is 18.6 Å². The molecule has 2 heterocycles. The van der Waals surface area contributed by atoms with Crippen molar-refractivity contribution in [3.8, 4) is 0 Å². The number of ether oxygens (including phenoxy) is 1. The summed E-state index contributed by atoms with van der Waals surface area (Å²) >= 11 is 4.33. The second-order valence-electron chi connectivity index (χ2n) is 4.49. The molecule has 15 heavy (non-hydrogen) atoms. The highest BCUT2D eigenvalue weighted by atomic mass is 32.1. The summed E-state index contributed by atoms with van der Waals surface area (Å²) in [5.74, 6) is 1.71. The van der Waals surface area contributed by atoms with Gasteiger partial charge in [0, 0.05) is 0 Å². The smallest absolute Gasteiger partial charge is 0.323 e. The van der Waals surface area contributed by atoms with E-state index in [4.69, 9.17) is 4.74 Å². The Morgan fingerprint density at radius 2 is 2.07 bits per heavy atom. The molecule has 0 aliphatic carbocycles. The molecule has 0 aromatic rings. The molecule has 3 nitrogen and oxygen atoms in total. The van der Waals surface area contributed by atoms with Gasteiger partial charge in [-0.15, -0.1) is 0 Å². The molecule has 0 N–H and O–H groups in total. The Kier molecular flexibility index (Phi) is 3.92. The zero-order valence-corrected chi connectivity index (χ0v) is 9.92. The number of carbonyl (C=O) groups excluding carboxylic acids is 1. The first-order valence-electron chi connectivity index (χ1n) is 5.83. The number of likely N-dealkylation sites (tertiary alicyclic amines) is 1. The van der Waals surface area contributed by atoms with Gasteiger partial charge in [0.15, 0.2) is 0 Å². The number of nitrogens with zero attached hydrogens (tertiary/aromatic N) is 1. The van der Waals surface area contributed by atoms with Gasteiger partial charge in [0.05, 0.1) is 6.61 Å². The van der Waals surface area contributed by atoms with Gasteiger partial charge < -0.3 is 4.74 Å². The van der Waals surface area contributed by atoms with Crippen LogP contribution in [0.15, 0.2) is 0 Å². The molecule has 1 unspecified atom stereocenters. The first-order valence-corrected chi connectivity index (χ1v) is 6.46. The minimum absolute atomic E-state index is 0.00873. The summed E-state index contributed by atoms with van der Waals surface area (Å²) in [7, 11) is 0. The van der Waals surface area contributed by atoms with Crippen molar-refractivity contribution < 1.29 is 9.53 Å². The van der Waals surface area contributed by atoms with E-state index in [0.717, 1.165) is 37.6 Å². The molecule has 2 aliphatic rings. The Hall–Kier alpha value is -0.220. The summed E-state index contributed by atoms with van der Waals surface area (Å²) in [4.78, 5) is 13.9. The molecule has 2 fully saturated rings. The van der Waals surface area contributed by atoms with Gasteiger partial charge >= 0.3 is 5.97 Å². The number of cyclic esters (lactones) is 1. The van der Waals surface area contributed by atoms with E-state index in [1.165, 1.54) is 12.8 Å². The molecule has 0 amide bonds. The molecule has 0 aromatic heterocycles. The molecule has 0 bridgehead atoms. The SMILES string of the molecule is O=C1OCCCC1N1CCC(CS)CC1. The lowest BCUT2D eigenvalue weighted by Crippen LogP contribution is -2.48. The zero-order valence-electron chi connectivity index (χ0n) is 9.02. The van der Waals surface area contributed by atoms with Crippen LogP contribution in [0.25, 0.3) is 0 Å². The third kappa shape index (κ3) is 2.67. The van der Waals surface area contributed by atoms with Gasteiger partial charge in [-0.1, -0.05) is 0 Å². The van der Waals surface area contributed by atoms with Crippen LogP contribution >= 0.6 is 12.6 Å². The molecule has 0 radical (unpaired) electrons. The number of hydrogen-bond donors (Lipinski definition) is 1. The van der Waals surface area contributed by atoms with Crippen molar-refractivity contribution in [1.29, 1.82) is 0 Å². The van der Waals surface area contributed by atoms with Crippen molar-refractivity contribution in [2.24, 2.45) is 5.92 Å². The van der Waals surface area contributed by atoms with E-state index in [2.05, 4.69) is 17.5 Å². The highest BCUT2D eigenvalue weighted by Crippen LogP contribution is 2.23. The highest BCUT2D eigenvalue weighted by molar-refractivity contribution is 7.80. The maximum Gasteiger partial charge on any atom is 0.323 e. The lowest BCUT2D eigenvalue weighted by atomic mass is 9.96. The highest BCUT2D eigenvalue weighted by Gasteiger charge is 2.32. The monoisotopic (exact) mass is 229 g/mol. The fourth-order valence-corrected chi connectivity index (χ4v) is 2.81. The van der Waals surface area contributed by atoms with Gasteiger partial charge in [-0.3, -0.25) is 9.69 Å². The van der Waals surface area contributed by atoms with Crippen LogP contribution in [0.4, 0.5) is 0 Å². The summed E-state index contributed by atoms with van der Waals surface area (Å²) in [6.07, 6.45) is 4.34. The third-order valence-electron chi connectivity index (χ3n) is 3.49. The predicted molar refractivity (Wildman–Crippen MR) is 62.1 cm³/mol. The fourth-order valence-electron chi connectivity index (χ4n) is 2.44. The van der Waals surface area contributed by atoms with Gasteiger partial charge in [-0.05, 0) is 50.4 Å². The standard InChI is InChI=1S/C11H19NO2S/c13-11-10(2-1-7-14-11)12-5-3-9(8-15)4-6-12/h9-10,15H,1-8H2. The van der Waals surface area contributed by atoms with Crippen LogP contribution in [0.1, 0.15) is 25.7 Å². The predicted octanol–water partition coefficient (Wildman–Crippen LogP) is 1.33. The average molecular weight is 229 g/mol. The molecule has 86 valence electrons. The molecular weight excluding hydrogens is 210 g/mol. The Labute approximate surface area is 96.6 Å². The van der Waals surface area contributed by atoms with Crippen LogP contribution in [0.5, 0.6) is 0 Å². The van der Waals surface area contributed by atoms with Crippen LogP contribution in [0.3, 0.4) is 0 Å². The maximum absolute atomic E-state index is 11.6. The Morgan fingerprint density at radius 3 is 2.67 bits per heavy atom. The number of piperidine rings is 1. The Bertz CT molecular complexity index is 227. The summed E-state index contributed by atoms with van der Waals surface area (Å²) in [6, 6.07) is 0.0413. The normalized spacial score (nSPS) is 30.2.